The molecule has 0 unspecified atom stereocenters. The minimum absolute atomic E-state index is 0.311. The van der Waals surface area contributed by atoms with Crippen LogP contribution >= 0.6 is 0 Å². The lowest BCUT2D eigenvalue weighted by molar-refractivity contribution is -0.128. The van der Waals surface area contributed by atoms with E-state index in [-0.39, 0.29) is 0 Å². The molecule has 4 heteroatoms. The first-order valence-electron chi connectivity index (χ1n) is 3.78. The Balaban J connectivity index is 2.88. The number of rotatable bonds is 3. The second-order valence-corrected chi connectivity index (χ2v) is 2.33. The van der Waals surface area contributed by atoms with Crippen molar-refractivity contribution < 1.29 is 14.3 Å². The van der Waals surface area contributed by atoms with Gasteiger partial charge in [-0.2, -0.15) is 4.99 Å². The highest BCUT2D eigenvalue weighted by atomic mass is 16.5. The van der Waals surface area contributed by atoms with Crippen molar-refractivity contribution >= 4 is 17.7 Å². The molecule has 0 aliphatic heterocycles. The van der Waals surface area contributed by atoms with Crippen LogP contribution in [0.3, 0.4) is 0 Å². The Bertz CT molecular complexity index is 406. The quantitative estimate of drug-likeness (QED) is 0.239. The number of isocyanates is 1. The van der Waals surface area contributed by atoms with Crippen molar-refractivity contribution in [3.8, 4) is 5.75 Å². The molecule has 0 heterocycles. The maximum atomic E-state index is 10.8. The van der Waals surface area contributed by atoms with Crippen LogP contribution < -0.4 is 4.74 Å². The van der Waals surface area contributed by atoms with Crippen LogP contribution in [0.1, 0.15) is 0 Å². The van der Waals surface area contributed by atoms with Crippen molar-refractivity contribution in [2.45, 2.75) is 0 Å². The Labute approximate surface area is 80.5 Å². The number of nitrogens with zero attached hydrogens (tertiary/aromatic N) is 1. The summed E-state index contributed by atoms with van der Waals surface area (Å²) >= 11 is 0. The third-order valence-corrected chi connectivity index (χ3v) is 1.38. The summed E-state index contributed by atoms with van der Waals surface area (Å²) in [6.07, 6.45) is 2.44. The Kier molecular flexibility index (Phi) is 3.35. The van der Waals surface area contributed by atoms with Gasteiger partial charge in [0.1, 0.15) is 5.75 Å². The molecule has 14 heavy (non-hydrogen) atoms. The van der Waals surface area contributed by atoms with E-state index in [0.29, 0.717) is 11.4 Å². The van der Waals surface area contributed by atoms with E-state index in [1.807, 2.05) is 0 Å². The number of ether oxygens (including phenoxy) is 1. The van der Waals surface area contributed by atoms with Crippen molar-refractivity contribution in [2.75, 3.05) is 0 Å². The fourth-order valence-corrected chi connectivity index (χ4v) is 0.827. The molecule has 0 atom stereocenters. The van der Waals surface area contributed by atoms with Crippen LogP contribution in [0, 0.1) is 0 Å². The minimum atomic E-state index is -0.558. The molecule has 0 N–H and O–H groups in total. The van der Waals surface area contributed by atoms with Crippen LogP contribution in [0.2, 0.25) is 0 Å². The predicted molar refractivity (Wildman–Crippen MR) is 50.1 cm³/mol. The molecule has 0 aliphatic rings. The second-order valence-electron chi connectivity index (χ2n) is 2.33. The maximum Gasteiger partial charge on any atom is 0.335 e. The summed E-state index contributed by atoms with van der Waals surface area (Å²) in [7, 11) is 0. The van der Waals surface area contributed by atoms with Crippen molar-refractivity contribution in [2.24, 2.45) is 4.99 Å². The van der Waals surface area contributed by atoms with Gasteiger partial charge in [-0.05, 0) is 12.1 Å². The first-order chi connectivity index (χ1) is 6.76. The summed E-state index contributed by atoms with van der Waals surface area (Å²) in [4.78, 5) is 24.1. The van der Waals surface area contributed by atoms with E-state index in [0.717, 1.165) is 6.08 Å². The first-order valence-corrected chi connectivity index (χ1v) is 3.78. The zero-order valence-corrected chi connectivity index (χ0v) is 7.27. The summed E-state index contributed by atoms with van der Waals surface area (Å²) in [5, 5.41) is 0. The van der Waals surface area contributed by atoms with E-state index in [9.17, 15) is 9.59 Å². The van der Waals surface area contributed by atoms with Crippen LogP contribution in [-0.4, -0.2) is 12.0 Å². The molecule has 1 rings (SSSR count). The minimum Gasteiger partial charge on any atom is -0.423 e. The number of benzene rings is 1. The van der Waals surface area contributed by atoms with Gasteiger partial charge >= 0.3 is 5.97 Å². The van der Waals surface area contributed by atoms with Gasteiger partial charge in [-0.25, -0.2) is 9.59 Å². The fraction of sp³-hybridized carbons (Fsp3) is 0. The Hall–Kier alpha value is -2.19. The number of hydrogen-bond donors (Lipinski definition) is 0. The molecule has 0 saturated heterocycles. The lowest BCUT2D eigenvalue weighted by Crippen LogP contribution is -2.02. The van der Waals surface area contributed by atoms with Gasteiger partial charge in [0.05, 0.1) is 5.69 Å². The fourth-order valence-electron chi connectivity index (χ4n) is 0.827. The van der Waals surface area contributed by atoms with Gasteiger partial charge in [-0.3, -0.25) is 0 Å². The van der Waals surface area contributed by atoms with Crippen molar-refractivity contribution in [1.82, 2.24) is 0 Å². The Morgan fingerprint density at radius 2 is 2.36 bits per heavy atom. The highest BCUT2D eigenvalue weighted by Crippen LogP contribution is 2.19. The molecule has 0 saturated carbocycles. The second kappa shape index (κ2) is 4.74. The average Bonchev–Trinajstić information content (AvgIpc) is 2.19. The Morgan fingerprint density at radius 3 is 3.00 bits per heavy atom. The van der Waals surface area contributed by atoms with Crippen LogP contribution in [0.5, 0.6) is 5.75 Å². The first kappa shape index (κ1) is 9.89. The van der Waals surface area contributed by atoms with Crippen LogP contribution in [0.4, 0.5) is 5.69 Å². The average molecular weight is 189 g/mol. The smallest absolute Gasteiger partial charge is 0.335 e. The molecule has 0 aromatic heterocycles. The summed E-state index contributed by atoms with van der Waals surface area (Å²) in [5.41, 5.74) is 0.384. The third-order valence-electron chi connectivity index (χ3n) is 1.38. The van der Waals surface area contributed by atoms with Gasteiger partial charge in [-0.1, -0.05) is 12.6 Å². The standard InChI is InChI=1S/C10H7NO3/c1-2-10(13)14-9-5-3-4-8(6-9)11-7-12/h2-6H,1H2. The Morgan fingerprint density at radius 1 is 1.57 bits per heavy atom. The van der Waals surface area contributed by atoms with E-state index in [4.69, 9.17) is 4.74 Å². The number of carbonyl (C=O) groups excluding carboxylic acids is 2. The van der Waals surface area contributed by atoms with Crippen molar-refractivity contribution in [1.29, 1.82) is 0 Å². The van der Waals surface area contributed by atoms with E-state index in [1.54, 1.807) is 18.2 Å². The van der Waals surface area contributed by atoms with Gasteiger partial charge in [0.25, 0.3) is 0 Å². The maximum absolute atomic E-state index is 10.8. The molecule has 0 aliphatic carbocycles. The normalized spacial score (nSPS) is 8.57. The number of aliphatic imine (C=N–C) groups is 1. The van der Waals surface area contributed by atoms with Gasteiger partial charge in [0.15, 0.2) is 0 Å². The van der Waals surface area contributed by atoms with Crippen LogP contribution in [0.25, 0.3) is 0 Å². The number of carbonyl (C=O) groups is 1. The van der Waals surface area contributed by atoms with E-state index in [2.05, 4.69) is 11.6 Å². The van der Waals surface area contributed by atoms with Crippen LogP contribution in [-0.2, 0) is 9.59 Å². The molecule has 0 bridgehead atoms. The van der Waals surface area contributed by atoms with Gasteiger partial charge in [-0.15, -0.1) is 0 Å². The highest BCUT2D eigenvalue weighted by molar-refractivity contribution is 5.83. The lowest BCUT2D eigenvalue weighted by atomic mass is 10.3. The number of hydrogen-bond acceptors (Lipinski definition) is 4. The lowest BCUT2D eigenvalue weighted by Gasteiger charge is -2.00. The van der Waals surface area contributed by atoms with E-state index < -0.39 is 5.97 Å². The molecule has 0 amide bonds. The molecule has 1 aromatic carbocycles. The van der Waals surface area contributed by atoms with Crippen LogP contribution in [0.15, 0.2) is 41.9 Å². The summed E-state index contributed by atoms with van der Waals surface area (Å²) < 4.78 is 4.80. The van der Waals surface area contributed by atoms with E-state index in [1.165, 1.54) is 12.1 Å². The molecular weight excluding hydrogens is 182 g/mol. The zero-order chi connectivity index (χ0) is 10.4. The van der Waals surface area contributed by atoms with Gasteiger partial charge < -0.3 is 4.74 Å². The summed E-state index contributed by atoms with van der Waals surface area (Å²) in [5.74, 6) is -0.247. The number of esters is 1. The summed E-state index contributed by atoms with van der Waals surface area (Å²) in [6.45, 7) is 3.26. The third kappa shape index (κ3) is 2.69. The molecule has 0 radical (unpaired) electrons. The monoisotopic (exact) mass is 189 g/mol. The molecule has 70 valence electrons. The summed E-state index contributed by atoms with van der Waals surface area (Å²) in [6, 6.07) is 6.23. The molecule has 0 spiro atoms. The SMILES string of the molecule is C=CC(=O)Oc1cccc(N=C=O)c1. The zero-order valence-electron chi connectivity index (χ0n) is 7.27. The van der Waals surface area contributed by atoms with Crippen molar-refractivity contribution in [3.63, 3.8) is 0 Å². The van der Waals surface area contributed by atoms with Gasteiger partial charge in [0, 0.05) is 12.1 Å². The molecule has 1 aromatic rings. The highest BCUT2D eigenvalue weighted by Gasteiger charge is 1.99. The molecule has 0 fully saturated rings. The topological polar surface area (TPSA) is 55.7 Å². The van der Waals surface area contributed by atoms with Crippen molar-refractivity contribution in [3.05, 3.63) is 36.9 Å². The molecular formula is C10H7NO3. The predicted octanol–water partition coefficient (Wildman–Crippen LogP) is 1.75. The largest absolute Gasteiger partial charge is 0.423 e. The van der Waals surface area contributed by atoms with E-state index >= 15 is 0 Å². The molecule has 4 nitrogen and oxygen atoms in total. The van der Waals surface area contributed by atoms with Gasteiger partial charge in [0.2, 0.25) is 6.08 Å².